The lowest BCUT2D eigenvalue weighted by Crippen LogP contribution is -2.09. The van der Waals surface area contributed by atoms with Crippen molar-refractivity contribution in [1.29, 1.82) is 0 Å². The van der Waals surface area contributed by atoms with Crippen LogP contribution in [0.15, 0.2) is 0 Å². The van der Waals surface area contributed by atoms with Gasteiger partial charge in [0.2, 0.25) is 0 Å². The molecule has 0 aliphatic heterocycles. The van der Waals surface area contributed by atoms with Crippen molar-refractivity contribution >= 4 is 11.9 Å². The number of hydrogen-bond acceptors (Lipinski definition) is 3. The number of carbonyl (C=O) groups excluding carboxylic acids is 1. The third kappa shape index (κ3) is 0.809. The molecule has 2 saturated carbocycles. The zero-order valence-electron chi connectivity index (χ0n) is 7.29. The summed E-state index contributed by atoms with van der Waals surface area (Å²) in [5, 5.41) is 8.63. The summed E-state index contributed by atoms with van der Waals surface area (Å²) in [4.78, 5) is 21.6. The van der Waals surface area contributed by atoms with Crippen molar-refractivity contribution in [2.75, 3.05) is 7.11 Å². The van der Waals surface area contributed by atoms with Crippen LogP contribution in [-0.4, -0.2) is 30.1 Å². The standard InChI is InChI=1S/C8H8F2O4/c1-14-6(13)4-3(5(11)12)7(4)2-8(7,9)10/h3-4H,2H2,1H3,(H,11,12)/t3-,4-,7?/m0/s1. The quantitative estimate of drug-likeness (QED) is 0.669. The molecule has 0 aromatic rings. The molecule has 14 heavy (non-hydrogen) atoms. The number of hydrogen-bond donors (Lipinski definition) is 1. The van der Waals surface area contributed by atoms with Crippen LogP contribution in [0.5, 0.6) is 0 Å². The van der Waals surface area contributed by atoms with Crippen LogP contribution in [-0.2, 0) is 14.3 Å². The summed E-state index contributed by atoms with van der Waals surface area (Å²) < 4.78 is 30.0. The number of ether oxygens (including phenoxy) is 1. The molecule has 2 rings (SSSR count). The van der Waals surface area contributed by atoms with Gasteiger partial charge in [-0.3, -0.25) is 9.59 Å². The van der Waals surface area contributed by atoms with Gasteiger partial charge < -0.3 is 9.84 Å². The Morgan fingerprint density at radius 3 is 2.14 bits per heavy atom. The summed E-state index contributed by atoms with van der Waals surface area (Å²) in [6, 6.07) is 0. The Balaban J connectivity index is 2.22. The van der Waals surface area contributed by atoms with E-state index in [0.717, 1.165) is 7.11 Å². The number of esters is 1. The van der Waals surface area contributed by atoms with Gasteiger partial charge in [0, 0.05) is 6.42 Å². The molecule has 0 heterocycles. The van der Waals surface area contributed by atoms with Gasteiger partial charge in [0.1, 0.15) is 0 Å². The lowest BCUT2D eigenvalue weighted by atomic mass is 10.3. The molecule has 1 N–H and O–H groups in total. The molecule has 0 aromatic heterocycles. The Morgan fingerprint density at radius 2 is 1.93 bits per heavy atom. The summed E-state index contributed by atoms with van der Waals surface area (Å²) >= 11 is 0. The van der Waals surface area contributed by atoms with Crippen LogP contribution in [0.1, 0.15) is 6.42 Å². The second kappa shape index (κ2) is 2.24. The Morgan fingerprint density at radius 1 is 1.43 bits per heavy atom. The van der Waals surface area contributed by atoms with Gasteiger partial charge in [-0.25, -0.2) is 8.78 Å². The second-order valence-electron chi connectivity index (χ2n) is 3.74. The summed E-state index contributed by atoms with van der Waals surface area (Å²) in [6.45, 7) is 0. The van der Waals surface area contributed by atoms with E-state index in [-0.39, 0.29) is 0 Å². The number of alkyl halides is 2. The summed E-state index contributed by atoms with van der Waals surface area (Å²) in [5.74, 6) is -7.66. The van der Waals surface area contributed by atoms with Crippen LogP contribution in [0.3, 0.4) is 0 Å². The summed E-state index contributed by atoms with van der Waals surface area (Å²) in [7, 11) is 1.06. The fourth-order valence-corrected chi connectivity index (χ4v) is 2.27. The molecule has 2 aliphatic carbocycles. The molecule has 0 bridgehead atoms. The SMILES string of the molecule is COC(=O)[C@@H]1[C@@H](C(=O)O)C12CC2(F)F. The van der Waals surface area contributed by atoms with Crippen molar-refractivity contribution < 1.29 is 28.2 Å². The van der Waals surface area contributed by atoms with Crippen molar-refractivity contribution in [3.63, 3.8) is 0 Å². The highest BCUT2D eigenvalue weighted by Gasteiger charge is 2.93. The lowest BCUT2D eigenvalue weighted by Gasteiger charge is -1.94. The molecule has 0 amide bonds. The smallest absolute Gasteiger partial charge is 0.310 e. The maximum Gasteiger partial charge on any atom is 0.310 e. The molecule has 6 heteroatoms. The zero-order valence-corrected chi connectivity index (χ0v) is 7.29. The minimum atomic E-state index is -3.02. The Kier molecular flexibility index (Phi) is 1.50. The number of aliphatic carboxylic acids is 1. The van der Waals surface area contributed by atoms with Crippen molar-refractivity contribution in [2.24, 2.45) is 17.3 Å². The van der Waals surface area contributed by atoms with E-state index >= 15 is 0 Å². The van der Waals surface area contributed by atoms with E-state index in [1.54, 1.807) is 0 Å². The van der Waals surface area contributed by atoms with Crippen LogP contribution in [0.25, 0.3) is 0 Å². The van der Waals surface area contributed by atoms with Gasteiger partial charge in [-0.1, -0.05) is 0 Å². The Hall–Kier alpha value is -1.20. The molecular formula is C8H8F2O4. The van der Waals surface area contributed by atoms with Gasteiger partial charge in [-0.15, -0.1) is 0 Å². The molecular weight excluding hydrogens is 198 g/mol. The number of rotatable bonds is 2. The topological polar surface area (TPSA) is 63.6 Å². The molecule has 0 radical (unpaired) electrons. The number of halogens is 2. The first-order chi connectivity index (χ1) is 6.38. The maximum absolute atomic E-state index is 12.9. The monoisotopic (exact) mass is 206 g/mol. The van der Waals surface area contributed by atoms with Crippen molar-refractivity contribution in [2.45, 2.75) is 12.3 Å². The molecule has 0 saturated heterocycles. The largest absolute Gasteiger partial charge is 0.481 e. The zero-order chi connectivity index (χ0) is 10.7. The second-order valence-corrected chi connectivity index (χ2v) is 3.74. The third-order valence-electron chi connectivity index (χ3n) is 3.13. The number of carboxylic acids is 1. The highest BCUT2D eigenvalue weighted by molar-refractivity contribution is 5.91. The first-order valence-electron chi connectivity index (χ1n) is 4.07. The van der Waals surface area contributed by atoms with E-state index in [1.165, 1.54) is 0 Å². The van der Waals surface area contributed by atoms with Crippen LogP contribution in [0, 0.1) is 17.3 Å². The van der Waals surface area contributed by atoms with Gasteiger partial charge in [0.05, 0.1) is 24.4 Å². The van der Waals surface area contributed by atoms with E-state index in [4.69, 9.17) is 5.11 Å². The molecule has 2 fully saturated rings. The molecule has 78 valence electrons. The average Bonchev–Trinajstić information content (AvgIpc) is 2.87. The molecule has 0 aromatic carbocycles. The predicted octanol–water partition coefficient (Wildman–Crippen LogP) is 0.515. The van der Waals surface area contributed by atoms with Gasteiger partial charge in [-0.05, 0) is 0 Å². The molecule has 4 nitrogen and oxygen atoms in total. The van der Waals surface area contributed by atoms with E-state index < -0.39 is 41.5 Å². The molecule has 3 atom stereocenters. The van der Waals surface area contributed by atoms with Gasteiger partial charge in [0.25, 0.3) is 5.92 Å². The normalized spacial score (nSPS) is 41.9. The molecule has 1 spiro atoms. The number of carboxylic acid groups (broad SMARTS) is 1. The molecule has 2 aliphatic rings. The van der Waals surface area contributed by atoms with Crippen molar-refractivity contribution in [3.8, 4) is 0 Å². The Bertz CT molecular complexity index is 327. The average molecular weight is 206 g/mol. The van der Waals surface area contributed by atoms with Crippen LogP contribution < -0.4 is 0 Å². The van der Waals surface area contributed by atoms with Gasteiger partial charge in [-0.2, -0.15) is 0 Å². The fourth-order valence-electron chi connectivity index (χ4n) is 2.27. The minimum absolute atomic E-state index is 0.517. The maximum atomic E-state index is 12.9. The lowest BCUT2D eigenvalue weighted by molar-refractivity contribution is -0.146. The first kappa shape index (κ1) is 9.36. The van der Waals surface area contributed by atoms with Gasteiger partial charge >= 0.3 is 11.9 Å². The highest BCUT2D eigenvalue weighted by Crippen LogP contribution is 2.82. The fraction of sp³-hybridized carbons (Fsp3) is 0.750. The van der Waals surface area contributed by atoms with E-state index in [9.17, 15) is 18.4 Å². The van der Waals surface area contributed by atoms with E-state index in [0.29, 0.717) is 0 Å². The summed E-state index contributed by atoms with van der Waals surface area (Å²) in [5.41, 5.74) is -1.63. The Labute approximate surface area is 77.8 Å². The van der Waals surface area contributed by atoms with Crippen LogP contribution in [0.4, 0.5) is 8.78 Å². The first-order valence-corrected chi connectivity index (χ1v) is 4.07. The van der Waals surface area contributed by atoms with Crippen molar-refractivity contribution in [1.82, 2.24) is 0 Å². The van der Waals surface area contributed by atoms with Gasteiger partial charge in [0.15, 0.2) is 0 Å². The third-order valence-corrected chi connectivity index (χ3v) is 3.13. The van der Waals surface area contributed by atoms with Crippen molar-refractivity contribution in [3.05, 3.63) is 0 Å². The number of carbonyl (C=O) groups is 2. The number of methoxy groups -OCH3 is 1. The summed E-state index contributed by atoms with van der Waals surface area (Å²) in [6.07, 6.45) is -0.517. The van der Waals surface area contributed by atoms with Crippen LogP contribution >= 0.6 is 0 Å². The van der Waals surface area contributed by atoms with E-state index in [2.05, 4.69) is 4.74 Å². The highest BCUT2D eigenvalue weighted by atomic mass is 19.3. The minimum Gasteiger partial charge on any atom is -0.481 e. The predicted molar refractivity (Wildman–Crippen MR) is 38.6 cm³/mol. The van der Waals surface area contributed by atoms with E-state index in [1.807, 2.05) is 0 Å². The van der Waals surface area contributed by atoms with Crippen LogP contribution in [0.2, 0.25) is 0 Å². The molecule has 1 unspecified atom stereocenters.